The first-order valence-corrected chi connectivity index (χ1v) is 5.13. The fourth-order valence-corrected chi connectivity index (χ4v) is 1.37. The van der Waals surface area contributed by atoms with E-state index in [1.54, 1.807) is 0 Å². The molecule has 76 valence electrons. The van der Waals surface area contributed by atoms with E-state index in [1.807, 2.05) is 13.0 Å². The van der Waals surface area contributed by atoms with Crippen molar-refractivity contribution >= 4 is 0 Å². The molecule has 0 heteroatoms. The normalized spacial score (nSPS) is 14.1. The van der Waals surface area contributed by atoms with E-state index in [4.69, 9.17) is 6.42 Å². The Hall–Kier alpha value is -1.22. The molecule has 0 saturated carbocycles. The average Bonchev–Trinajstić information content (AvgIpc) is 2.17. The van der Waals surface area contributed by atoms with Crippen molar-refractivity contribution in [2.45, 2.75) is 40.5 Å². The minimum absolute atomic E-state index is 1.06. The van der Waals surface area contributed by atoms with Gasteiger partial charge in [-0.05, 0) is 50.0 Å². The van der Waals surface area contributed by atoms with Crippen molar-refractivity contribution in [1.29, 1.82) is 0 Å². The van der Waals surface area contributed by atoms with Crippen LogP contribution in [0.15, 0.2) is 34.9 Å². The van der Waals surface area contributed by atoms with Crippen LogP contribution in [0.4, 0.5) is 0 Å². The van der Waals surface area contributed by atoms with Crippen LogP contribution in [0, 0.1) is 12.3 Å². The van der Waals surface area contributed by atoms with Gasteiger partial charge in [-0.1, -0.05) is 31.4 Å². The smallest absolute Gasteiger partial charge is 0.00867 e. The standard InChI is InChI=1S/C14H20/c1-6-9-12(4)13(5)14(10-7-2)11-8-3/h2,6,9-10H,8,11H2,1,3-5H3/b9-6-,13-12+,14-10+. The van der Waals surface area contributed by atoms with Crippen LogP contribution in [0.5, 0.6) is 0 Å². The van der Waals surface area contributed by atoms with Crippen LogP contribution in [-0.2, 0) is 0 Å². The Balaban J connectivity index is 4.95. The van der Waals surface area contributed by atoms with Crippen molar-refractivity contribution in [3.63, 3.8) is 0 Å². The molecule has 0 N–H and O–H groups in total. The molecular formula is C14H20. The van der Waals surface area contributed by atoms with Crippen molar-refractivity contribution in [2.75, 3.05) is 0 Å². The summed E-state index contributed by atoms with van der Waals surface area (Å²) in [7, 11) is 0. The molecule has 0 unspecified atom stereocenters. The van der Waals surface area contributed by atoms with Crippen molar-refractivity contribution in [3.8, 4) is 12.3 Å². The molecule has 0 heterocycles. The second kappa shape index (κ2) is 7.21. The lowest BCUT2D eigenvalue weighted by atomic mass is 9.98. The topological polar surface area (TPSA) is 0 Å². The molecular weight excluding hydrogens is 168 g/mol. The van der Waals surface area contributed by atoms with E-state index < -0.39 is 0 Å². The van der Waals surface area contributed by atoms with Crippen molar-refractivity contribution < 1.29 is 0 Å². The molecule has 0 aromatic rings. The van der Waals surface area contributed by atoms with Crippen LogP contribution in [0.3, 0.4) is 0 Å². The minimum atomic E-state index is 1.06. The second-order valence-corrected chi connectivity index (χ2v) is 3.39. The van der Waals surface area contributed by atoms with Crippen molar-refractivity contribution in [2.24, 2.45) is 0 Å². The number of terminal acetylenes is 1. The van der Waals surface area contributed by atoms with Gasteiger partial charge in [-0.3, -0.25) is 0 Å². The van der Waals surface area contributed by atoms with Gasteiger partial charge in [0.2, 0.25) is 0 Å². The van der Waals surface area contributed by atoms with Gasteiger partial charge in [0.1, 0.15) is 0 Å². The maximum absolute atomic E-state index is 5.30. The predicted molar refractivity (Wildman–Crippen MR) is 65.0 cm³/mol. The molecule has 0 fully saturated rings. The van der Waals surface area contributed by atoms with Gasteiger partial charge < -0.3 is 0 Å². The highest BCUT2D eigenvalue weighted by Gasteiger charge is 2.00. The minimum Gasteiger partial charge on any atom is -0.115 e. The molecule has 0 nitrogen and oxygen atoms in total. The lowest BCUT2D eigenvalue weighted by molar-refractivity contribution is 0.909. The van der Waals surface area contributed by atoms with Gasteiger partial charge in [0, 0.05) is 0 Å². The monoisotopic (exact) mass is 188 g/mol. The highest BCUT2D eigenvalue weighted by molar-refractivity contribution is 5.40. The Morgan fingerprint density at radius 1 is 1.36 bits per heavy atom. The molecule has 14 heavy (non-hydrogen) atoms. The van der Waals surface area contributed by atoms with E-state index in [0.717, 1.165) is 12.8 Å². The predicted octanol–water partition coefficient (Wildman–Crippen LogP) is 4.26. The molecule has 0 rings (SSSR count). The van der Waals surface area contributed by atoms with Gasteiger partial charge in [0.25, 0.3) is 0 Å². The molecule has 0 atom stereocenters. The second-order valence-electron chi connectivity index (χ2n) is 3.39. The molecule has 0 spiro atoms. The Kier molecular flexibility index (Phi) is 6.58. The van der Waals surface area contributed by atoms with E-state index in [2.05, 4.69) is 38.8 Å². The largest absolute Gasteiger partial charge is 0.115 e. The fraction of sp³-hybridized carbons (Fsp3) is 0.429. The molecule has 0 aromatic carbocycles. The van der Waals surface area contributed by atoms with Gasteiger partial charge in [-0.2, -0.15) is 0 Å². The highest BCUT2D eigenvalue weighted by atomic mass is 14.1. The van der Waals surface area contributed by atoms with E-state index in [1.165, 1.54) is 16.7 Å². The van der Waals surface area contributed by atoms with E-state index in [9.17, 15) is 0 Å². The Labute approximate surface area is 88.4 Å². The molecule has 0 radical (unpaired) electrons. The summed E-state index contributed by atoms with van der Waals surface area (Å²) in [5.74, 6) is 2.61. The number of allylic oxidation sites excluding steroid dienone is 6. The van der Waals surface area contributed by atoms with Crippen LogP contribution in [0.1, 0.15) is 40.5 Å². The zero-order chi connectivity index (χ0) is 11.0. The van der Waals surface area contributed by atoms with Crippen LogP contribution >= 0.6 is 0 Å². The quantitative estimate of drug-likeness (QED) is 0.457. The summed E-state index contributed by atoms with van der Waals surface area (Å²) in [5, 5.41) is 0. The molecule has 0 saturated heterocycles. The lowest BCUT2D eigenvalue weighted by Gasteiger charge is -2.07. The Morgan fingerprint density at radius 3 is 2.43 bits per heavy atom. The maximum Gasteiger partial charge on any atom is -0.00867 e. The average molecular weight is 188 g/mol. The van der Waals surface area contributed by atoms with Crippen LogP contribution in [0.25, 0.3) is 0 Å². The van der Waals surface area contributed by atoms with Gasteiger partial charge in [-0.25, -0.2) is 0 Å². The molecule has 0 aliphatic heterocycles. The number of hydrogen-bond donors (Lipinski definition) is 0. The summed E-state index contributed by atoms with van der Waals surface area (Å²) in [6.45, 7) is 8.45. The van der Waals surface area contributed by atoms with Crippen LogP contribution in [-0.4, -0.2) is 0 Å². The lowest BCUT2D eigenvalue weighted by Crippen LogP contribution is -1.88. The third-order valence-corrected chi connectivity index (χ3v) is 2.27. The summed E-state index contributed by atoms with van der Waals surface area (Å²) in [6.07, 6.45) is 13.6. The fourth-order valence-electron chi connectivity index (χ4n) is 1.37. The Bertz CT molecular complexity index is 292. The Morgan fingerprint density at radius 2 is 2.00 bits per heavy atom. The molecule has 0 aliphatic rings. The van der Waals surface area contributed by atoms with Gasteiger partial charge in [0.15, 0.2) is 0 Å². The zero-order valence-electron chi connectivity index (χ0n) is 9.72. The number of hydrogen-bond acceptors (Lipinski definition) is 0. The SMILES string of the molecule is C#C/C=C(CCC)/C(C)=C(C)/C=C\C. The first-order valence-electron chi connectivity index (χ1n) is 5.13. The third kappa shape index (κ3) is 4.14. The number of rotatable bonds is 4. The first-order chi connectivity index (χ1) is 6.67. The van der Waals surface area contributed by atoms with Crippen molar-refractivity contribution in [3.05, 3.63) is 34.9 Å². The van der Waals surface area contributed by atoms with Crippen LogP contribution in [0.2, 0.25) is 0 Å². The maximum atomic E-state index is 5.30. The summed E-state index contributed by atoms with van der Waals surface area (Å²) < 4.78 is 0. The summed E-state index contributed by atoms with van der Waals surface area (Å²) >= 11 is 0. The van der Waals surface area contributed by atoms with E-state index >= 15 is 0 Å². The van der Waals surface area contributed by atoms with Gasteiger partial charge in [0.05, 0.1) is 0 Å². The van der Waals surface area contributed by atoms with Gasteiger partial charge in [-0.15, -0.1) is 6.42 Å². The van der Waals surface area contributed by atoms with Crippen LogP contribution < -0.4 is 0 Å². The summed E-state index contributed by atoms with van der Waals surface area (Å²) in [6, 6.07) is 0. The first kappa shape index (κ1) is 12.8. The zero-order valence-corrected chi connectivity index (χ0v) is 9.72. The molecule has 0 aliphatic carbocycles. The summed E-state index contributed by atoms with van der Waals surface area (Å²) in [4.78, 5) is 0. The van der Waals surface area contributed by atoms with Crippen molar-refractivity contribution in [1.82, 2.24) is 0 Å². The third-order valence-electron chi connectivity index (χ3n) is 2.27. The molecule has 0 amide bonds. The summed E-state index contributed by atoms with van der Waals surface area (Å²) in [5.41, 5.74) is 3.89. The van der Waals surface area contributed by atoms with E-state index in [-0.39, 0.29) is 0 Å². The molecule has 0 aromatic heterocycles. The highest BCUT2D eigenvalue weighted by Crippen LogP contribution is 2.19. The van der Waals surface area contributed by atoms with Gasteiger partial charge >= 0.3 is 0 Å². The van der Waals surface area contributed by atoms with E-state index in [0.29, 0.717) is 0 Å². The molecule has 0 bridgehead atoms.